The van der Waals surface area contributed by atoms with Gasteiger partial charge in [-0.3, -0.25) is 9.59 Å². The molecule has 0 saturated carbocycles. The van der Waals surface area contributed by atoms with Crippen LogP contribution in [0.15, 0.2) is 53.0 Å². The van der Waals surface area contributed by atoms with Crippen molar-refractivity contribution in [1.29, 1.82) is 0 Å². The maximum Gasteiger partial charge on any atom is 0.265 e. The lowest BCUT2D eigenvalue weighted by Crippen LogP contribution is -2.50. The summed E-state index contributed by atoms with van der Waals surface area (Å²) in [6.07, 6.45) is -0.714. The molecule has 1 heterocycles. The number of para-hydroxylation sites is 2. The zero-order valence-corrected chi connectivity index (χ0v) is 15.0. The van der Waals surface area contributed by atoms with Gasteiger partial charge in [0.25, 0.3) is 11.8 Å². The summed E-state index contributed by atoms with van der Waals surface area (Å²) in [6.45, 7) is 0.183. The maximum absolute atomic E-state index is 12.9. The van der Waals surface area contributed by atoms with Gasteiger partial charge in [0.05, 0.1) is 12.2 Å². The van der Waals surface area contributed by atoms with Crippen molar-refractivity contribution in [3.8, 4) is 5.75 Å². The molecule has 0 aliphatic carbocycles. The Morgan fingerprint density at radius 2 is 1.79 bits per heavy atom. The van der Waals surface area contributed by atoms with Crippen molar-refractivity contribution in [3.63, 3.8) is 0 Å². The summed E-state index contributed by atoms with van der Waals surface area (Å²) in [5, 5.41) is 0. The van der Waals surface area contributed by atoms with Gasteiger partial charge >= 0.3 is 0 Å². The molecule has 0 bridgehead atoms. The average molecular weight is 389 g/mol. The zero-order chi connectivity index (χ0) is 17.3. The highest BCUT2D eigenvalue weighted by molar-refractivity contribution is 9.10. The number of benzene rings is 2. The fourth-order valence-electron chi connectivity index (χ4n) is 2.59. The van der Waals surface area contributed by atoms with Crippen molar-refractivity contribution in [1.82, 2.24) is 4.90 Å². The molecule has 0 spiro atoms. The Bertz CT molecular complexity index is 774. The molecule has 3 rings (SSSR count). The highest BCUT2D eigenvalue weighted by atomic mass is 79.9. The molecule has 1 unspecified atom stereocenters. The van der Waals surface area contributed by atoms with Crippen molar-refractivity contribution < 1.29 is 14.3 Å². The van der Waals surface area contributed by atoms with Gasteiger partial charge in [0.15, 0.2) is 6.10 Å². The number of fused-ring (bicyclic) bond motifs is 1. The number of hydrogen-bond acceptors (Lipinski definition) is 3. The smallest absolute Gasteiger partial charge is 0.265 e. The molecule has 0 saturated heterocycles. The van der Waals surface area contributed by atoms with Crippen molar-refractivity contribution >= 4 is 33.4 Å². The molecule has 1 aliphatic rings. The molecule has 1 aliphatic heterocycles. The summed E-state index contributed by atoms with van der Waals surface area (Å²) < 4.78 is 6.70. The summed E-state index contributed by atoms with van der Waals surface area (Å²) >= 11 is 3.37. The molecule has 2 amide bonds. The predicted molar refractivity (Wildman–Crippen MR) is 95.4 cm³/mol. The van der Waals surface area contributed by atoms with E-state index in [1.54, 1.807) is 37.2 Å². The van der Waals surface area contributed by atoms with E-state index in [1.165, 1.54) is 4.90 Å². The van der Waals surface area contributed by atoms with Gasteiger partial charge in [-0.2, -0.15) is 0 Å². The van der Waals surface area contributed by atoms with E-state index < -0.39 is 6.10 Å². The fourth-order valence-corrected chi connectivity index (χ4v) is 2.86. The summed E-state index contributed by atoms with van der Waals surface area (Å²) in [5.74, 6) is 0.210. The van der Waals surface area contributed by atoms with E-state index in [1.807, 2.05) is 30.3 Å². The largest absolute Gasteiger partial charge is 0.476 e. The lowest BCUT2D eigenvalue weighted by molar-refractivity contribution is -0.135. The minimum atomic E-state index is -0.714. The third-order valence-corrected chi connectivity index (χ3v) is 4.35. The number of carbonyl (C=O) groups excluding carboxylic acids is 2. The van der Waals surface area contributed by atoms with Crippen LogP contribution in [0, 0.1) is 0 Å². The number of amides is 2. The molecular formula is C18H17BrN2O3. The monoisotopic (exact) mass is 388 g/mol. The number of hydrogen-bond donors (Lipinski definition) is 0. The maximum atomic E-state index is 12.9. The van der Waals surface area contributed by atoms with Gasteiger partial charge in [-0.25, -0.2) is 0 Å². The molecule has 5 nitrogen and oxygen atoms in total. The second-order valence-electron chi connectivity index (χ2n) is 5.73. The SMILES string of the molecule is CN(C)C(=O)C1CN(C(=O)c2ccc(Br)cc2)c2ccccc2O1. The average Bonchev–Trinajstić information content (AvgIpc) is 2.60. The molecule has 124 valence electrons. The summed E-state index contributed by atoms with van der Waals surface area (Å²) in [7, 11) is 3.35. The number of carbonyl (C=O) groups is 2. The van der Waals surface area contributed by atoms with Gasteiger partial charge in [-0.05, 0) is 36.4 Å². The topological polar surface area (TPSA) is 49.9 Å². The molecule has 2 aromatic rings. The van der Waals surface area contributed by atoms with E-state index in [0.717, 1.165) is 4.47 Å². The fraction of sp³-hybridized carbons (Fsp3) is 0.222. The van der Waals surface area contributed by atoms with Gasteiger partial charge in [0.1, 0.15) is 5.75 Å². The molecule has 0 fully saturated rings. The lowest BCUT2D eigenvalue weighted by atomic mass is 10.1. The Balaban J connectivity index is 1.97. The molecule has 24 heavy (non-hydrogen) atoms. The molecule has 0 aromatic heterocycles. The summed E-state index contributed by atoms with van der Waals surface area (Å²) in [6, 6.07) is 14.4. The van der Waals surface area contributed by atoms with Gasteiger partial charge in [0, 0.05) is 24.1 Å². The standard InChI is InChI=1S/C18H17BrN2O3/c1-20(2)18(23)16-11-21(14-5-3-4-6-15(14)24-16)17(22)12-7-9-13(19)10-8-12/h3-10,16H,11H2,1-2H3. The zero-order valence-electron chi connectivity index (χ0n) is 13.4. The third-order valence-electron chi connectivity index (χ3n) is 3.83. The van der Waals surface area contributed by atoms with E-state index in [4.69, 9.17) is 4.74 Å². The quantitative estimate of drug-likeness (QED) is 0.794. The van der Waals surface area contributed by atoms with Crippen LogP contribution in [-0.4, -0.2) is 43.5 Å². The van der Waals surface area contributed by atoms with Crippen molar-refractivity contribution in [3.05, 3.63) is 58.6 Å². The predicted octanol–water partition coefficient (Wildman–Crippen LogP) is 2.95. The third kappa shape index (κ3) is 3.14. The first kappa shape index (κ1) is 16.5. The number of ether oxygens (including phenoxy) is 1. The highest BCUT2D eigenvalue weighted by Crippen LogP contribution is 2.34. The summed E-state index contributed by atoms with van der Waals surface area (Å²) in [4.78, 5) is 28.3. The number of nitrogens with zero attached hydrogens (tertiary/aromatic N) is 2. The van der Waals surface area contributed by atoms with Crippen LogP contribution in [0.3, 0.4) is 0 Å². The summed E-state index contributed by atoms with van der Waals surface area (Å²) in [5.41, 5.74) is 1.24. The Morgan fingerprint density at radius 3 is 2.46 bits per heavy atom. The Kier molecular flexibility index (Phi) is 4.57. The van der Waals surface area contributed by atoms with Crippen molar-refractivity contribution in [2.24, 2.45) is 0 Å². The number of likely N-dealkylation sites (N-methyl/N-ethyl adjacent to an activating group) is 1. The van der Waals surface area contributed by atoms with Crippen LogP contribution < -0.4 is 9.64 Å². The molecule has 0 radical (unpaired) electrons. The van der Waals surface area contributed by atoms with Crippen LogP contribution >= 0.6 is 15.9 Å². The normalized spacial score (nSPS) is 16.1. The number of anilines is 1. The van der Waals surface area contributed by atoms with E-state index >= 15 is 0 Å². The van der Waals surface area contributed by atoms with Crippen LogP contribution in [0.1, 0.15) is 10.4 Å². The van der Waals surface area contributed by atoms with Gasteiger partial charge in [-0.15, -0.1) is 0 Å². The lowest BCUT2D eigenvalue weighted by Gasteiger charge is -2.35. The Hall–Kier alpha value is -2.34. The molecule has 6 heteroatoms. The minimum Gasteiger partial charge on any atom is -0.476 e. The van der Waals surface area contributed by atoms with Crippen molar-refractivity contribution in [2.75, 3.05) is 25.5 Å². The number of halogens is 1. The first-order valence-corrected chi connectivity index (χ1v) is 8.31. The van der Waals surface area contributed by atoms with Gasteiger partial charge in [0.2, 0.25) is 0 Å². The van der Waals surface area contributed by atoms with Gasteiger partial charge in [-0.1, -0.05) is 28.1 Å². The van der Waals surface area contributed by atoms with Crippen LogP contribution in [-0.2, 0) is 4.79 Å². The van der Waals surface area contributed by atoms with E-state index in [0.29, 0.717) is 17.0 Å². The molecule has 1 atom stereocenters. The Labute approximate surface area is 148 Å². The second kappa shape index (κ2) is 6.65. The minimum absolute atomic E-state index is 0.158. The van der Waals surface area contributed by atoms with E-state index in [-0.39, 0.29) is 18.4 Å². The second-order valence-corrected chi connectivity index (χ2v) is 6.65. The number of rotatable bonds is 2. The first-order valence-electron chi connectivity index (χ1n) is 7.51. The first-order chi connectivity index (χ1) is 11.5. The van der Waals surface area contributed by atoms with Crippen LogP contribution in [0.25, 0.3) is 0 Å². The highest BCUT2D eigenvalue weighted by Gasteiger charge is 2.34. The van der Waals surface area contributed by atoms with E-state index in [2.05, 4.69) is 15.9 Å². The molecule has 0 N–H and O–H groups in total. The van der Waals surface area contributed by atoms with Crippen LogP contribution in [0.2, 0.25) is 0 Å². The van der Waals surface area contributed by atoms with Crippen LogP contribution in [0.4, 0.5) is 5.69 Å². The van der Waals surface area contributed by atoms with Crippen molar-refractivity contribution in [2.45, 2.75) is 6.10 Å². The van der Waals surface area contributed by atoms with Crippen LogP contribution in [0.5, 0.6) is 5.75 Å². The molecular weight excluding hydrogens is 372 g/mol. The van der Waals surface area contributed by atoms with Gasteiger partial charge < -0.3 is 14.5 Å². The van der Waals surface area contributed by atoms with E-state index in [9.17, 15) is 9.59 Å². The Morgan fingerprint density at radius 1 is 1.12 bits per heavy atom. The molecule has 2 aromatic carbocycles.